The Labute approximate surface area is 112 Å². The zero-order valence-corrected chi connectivity index (χ0v) is 10.9. The first-order chi connectivity index (χ1) is 8.69. The number of nitrogen functional groups attached to an aromatic ring is 1. The highest BCUT2D eigenvalue weighted by molar-refractivity contribution is 6.31. The lowest BCUT2D eigenvalue weighted by Gasteiger charge is -2.09. The number of ether oxygens (including phenoxy) is 1. The van der Waals surface area contributed by atoms with Crippen LogP contribution >= 0.6 is 11.6 Å². The number of hydrogen-bond acceptors (Lipinski definition) is 3. The summed E-state index contributed by atoms with van der Waals surface area (Å²) in [5.74, 6) is 1.31. The van der Waals surface area contributed by atoms with Crippen LogP contribution in [-0.4, -0.2) is 4.98 Å². The molecule has 0 saturated heterocycles. The Morgan fingerprint density at radius 2 is 2.11 bits per heavy atom. The Balaban J connectivity index is 2.06. The topological polar surface area (TPSA) is 48.1 Å². The van der Waals surface area contributed by atoms with Crippen LogP contribution in [0.3, 0.4) is 0 Å². The molecule has 0 aliphatic carbocycles. The van der Waals surface area contributed by atoms with Crippen molar-refractivity contribution < 1.29 is 4.74 Å². The lowest BCUT2D eigenvalue weighted by molar-refractivity contribution is 0.306. The normalized spacial score (nSPS) is 10.3. The molecule has 0 fully saturated rings. The van der Waals surface area contributed by atoms with Crippen molar-refractivity contribution in [2.75, 3.05) is 5.73 Å². The smallest absolute Gasteiger partial charge is 0.123 e. The van der Waals surface area contributed by atoms with E-state index < -0.39 is 0 Å². The Morgan fingerprint density at radius 1 is 1.28 bits per heavy atom. The van der Waals surface area contributed by atoms with E-state index in [0.717, 1.165) is 28.3 Å². The molecular weight excluding hydrogens is 248 g/mol. The number of nitrogens with zero attached hydrogens (tertiary/aromatic N) is 1. The Bertz CT molecular complexity index is 543. The minimum atomic E-state index is 0.470. The quantitative estimate of drug-likeness (QED) is 0.918. The van der Waals surface area contributed by atoms with Crippen LogP contribution in [0.15, 0.2) is 36.5 Å². The number of rotatable bonds is 4. The van der Waals surface area contributed by atoms with Crippen LogP contribution in [0, 0.1) is 0 Å². The van der Waals surface area contributed by atoms with Crippen LogP contribution in [0.4, 0.5) is 5.82 Å². The van der Waals surface area contributed by atoms with E-state index in [1.54, 1.807) is 12.3 Å². The summed E-state index contributed by atoms with van der Waals surface area (Å²) < 4.78 is 5.70. The molecule has 4 heteroatoms. The molecule has 0 radical (unpaired) electrons. The van der Waals surface area contributed by atoms with E-state index >= 15 is 0 Å². The maximum Gasteiger partial charge on any atom is 0.123 e. The monoisotopic (exact) mass is 262 g/mol. The second-order valence-corrected chi connectivity index (χ2v) is 4.39. The summed E-state index contributed by atoms with van der Waals surface area (Å²) in [6.07, 6.45) is 2.56. The van der Waals surface area contributed by atoms with Gasteiger partial charge in [0.1, 0.15) is 18.2 Å². The molecular formula is C14H15ClN2O. The average Bonchev–Trinajstić information content (AvgIpc) is 2.38. The molecule has 2 N–H and O–H groups in total. The van der Waals surface area contributed by atoms with Gasteiger partial charge in [-0.25, -0.2) is 4.98 Å². The first kappa shape index (κ1) is 12.7. The molecule has 18 heavy (non-hydrogen) atoms. The van der Waals surface area contributed by atoms with Crippen LogP contribution < -0.4 is 10.5 Å². The summed E-state index contributed by atoms with van der Waals surface area (Å²) in [5.41, 5.74) is 7.69. The van der Waals surface area contributed by atoms with Gasteiger partial charge in [-0.2, -0.15) is 0 Å². The van der Waals surface area contributed by atoms with Crippen molar-refractivity contribution in [3.05, 3.63) is 52.7 Å². The number of halogens is 1. The molecule has 94 valence electrons. The number of benzene rings is 1. The van der Waals surface area contributed by atoms with Crippen LogP contribution in [-0.2, 0) is 13.0 Å². The van der Waals surface area contributed by atoms with Crippen LogP contribution in [0.1, 0.15) is 18.1 Å². The number of anilines is 1. The lowest BCUT2D eigenvalue weighted by Crippen LogP contribution is -1.98. The summed E-state index contributed by atoms with van der Waals surface area (Å²) in [7, 11) is 0. The molecule has 2 rings (SSSR count). The molecule has 2 aromatic rings. The van der Waals surface area contributed by atoms with E-state index in [9.17, 15) is 0 Å². The molecule has 0 bridgehead atoms. The maximum absolute atomic E-state index is 6.05. The highest BCUT2D eigenvalue weighted by atomic mass is 35.5. The highest BCUT2D eigenvalue weighted by Crippen LogP contribution is 2.23. The van der Waals surface area contributed by atoms with Gasteiger partial charge in [-0.3, -0.25) is 0 Å². The Kier molecular flexibility index (Phi) is 4.05. The summed E-state index contributed by atoms with van der Waals surface area (Å²) in [4.78, 5) is 3.94. The predicted octanol–water partition coefficient (Wildman–Crippen LogP) is 3.46. The van der Waals surface area contributed by atoms with Crippen molar-refractivity contribution in [1.82, 2.24) is 4.98 Å². The zero-order chi connectivity index (χ0) is 13.0. The van der Waals surface area contributed by atoms with Gasteiger partial charge in [-0.15, -0.1) is 0 Å². The largest absolute Gasteiger partial charge is 0.489 e. The molecule has 0 amide bonds. The Morgan fingerprint density at radius 3 is 2.83 bits per heavy atom. The van der Waals surface area contributed by atoms with E-state index in [1.807, 2.05) is 24.3 Å². The fraction of sp³-hybridized carbons (Fsp3) is 0.214. The Hall–Kier alpha value is -1.74. The number of hydrogen-bond donors (Lipinski definition) is 1. The highest BCUT2D eigenvalue weighted by Gasteiger charge is 2.02. The van der Waals surface area contributed by atoms with Gasteiger partial charge in [0.05, 0.1) is 0 Å². The van der Waals surface area contributed by atoms with Gasteiger partial charge in [0.15, 0.2) is 0 Å². The fourth-order valence-corrected chi connectivity index (χ4v) is 1.91. The van der Waals surface area contributed by atoms with Crippen LogP contribution in [0.5, 0.6) is 5.75 Å². The second kappa shape index (κ2) is 5.74. The van der Waals surface area contributed by atoms with Crippen LogP contribution in [0.25, 0.3) is 0 Å². The van der Waals surface area contributed by atoms with Gasteiger partial charge >= 0.3 is 0 Å². The first-order valence-electron chi connectivity index (χ1n) is 5.80. The van der Waals surface area contributed by atoms with Gasteiger partial charge in [0.2, 0.25) is 0 Å². The summed E-state index contributed by atoms with van der Waals surface area (Å²) in [6, 6.07) is 9.37. The molecule has 0 saturated carbocycles. The zero-order valence-electron chi connectivity index (χ0n) is 10.2. The number of aromatic nitrogens is 1. The summed E-state index contributed by atoms with van der Waals surface area (Å²) in [6.45, 7) is 2.53. The molecule has 1 aromatic heterocycles. The van der Waals surface area contributed by atoms with Gasteiger partial charge in [0, 0.05) is 11.2 Å². The van der Waals surface area contributed by atoms with Crippen molar-refractivity contribution in [2.45, 2.75) is 20.0 Å². The number of aryl methyl sites for hydroxylation is 1. The molecule has 1 heterocycles. The van der Waals surface area contributed by atoms with E-state index in [0.29, 0.717) is 12.4 Å². The van der Waals surface area contributed by atoms with Gasteiger partial charge in [-0.05, 0) is 47.9 Å². The van der Waals surface area contributed by atoms with Gasteiger partial charge < -0.3 is 10.5 Å². The molecule has 0 aliphatic heterocycles. The number of nitrogens with two attached hydrogens (primary N) is 1. The standard InChI is InChI=1S/C14H15ClN2O/c1-2-11-8-12(3-4-13(11)15)18-9-10-5-6-17-14(16)7-10/h3-8H,2,9H2,1H3,(H2,16,17). The van der Waals surface area contributed by atoms with Gasteiger partial charge in [-0.1, -0.05) is 18.5 Å². The van der Waals surface area contributed by atoms with Crippen molar-refractivity contribution in [3.63, 3.8) is 0 Å². The van der Waals surface area contributed by atoms with Crippen molar-refractivity contribution >= 4 is 17.4 Å². The number of pyridine rings is 1. The SMILES string of the molecule is CCc1cc(OCc2ccnc(N)c2)ccc1Cl. The lowest BCUT2D eigenvalue weighted by atomic mass is 10.1. The first-order valence-corrected chi connectivity index (χ1v) is 6.18. The maximum atomic E-state index is 6.05. The van der Waals surface area contributed by atoms with E-state index in [-0.39, 0.29) is 0 Å². The predicted molar refractivity (Wildman–Crippen MR) is 73.8 cm³/mol. The summed E-state index contributed by atoms with van der Waals surface area (Å²) >= 11 is 6.05. The van der Waals surface area contributed by atoms with E-state index in [2.05, 4.69) is 11.9 Å². The molecule has 1 aromatic carbocycles. The van der Waals surface area contributed by atoms with Crippen molar-refractivity contribution in [2.24, 2.45) is 0 Å². The molecule has 0 aliphatic rings. The minimum absolute atomic E-state index is 0.470. The summed E-state index contributed by atoms with van der Waals surface area (Å²) in [5, 5.41) is 0.776. The fourth-order valence-electron chi connectivity index (χ4n) is 1.66. The molecule has 3 nitrogen and oxygen atoms in total. The van der Waals surface area contributed by atoms with Crippen molar-refractivity contribution in [3.8, 4) is 5.75 Å². The minimum Gasteiger partial charge on any atom is -0.489 e. The van der Waals surface area contributed by atoms with Crippen LogP contribution in [0.2, 0.25) is 5.02 Å². The van der Waals surface area contributed by atoms with Gasteiger partial charge in [0.25, 0.3) is 0 Å². The molecule has 0 atom stereocenters. The molecule has 0 spiro atoms. The third-order valence-corrected chi connectivity index (χ3v) is 3.02. The average molecular weight is 263 g/mol. The van der Waals surface area contributed by atoms with Crippen molar-refractivity contribution in [1.29, 1.82) is 0 Å². The third kappa shape index (κ3) is 3.14. The third-order valence-electron chi connectivity index (χ3n) is 2.65. The molecule has 0 unspecified atom stereocenters. The van der Waals surface area contributed by atoms with E-state index in [4.69, 9.17) is 22.1 Å². The van der Waals surface area contributed by atoms with E-state index in [1.165, 1.54) is 0 Å². The second-order valence-electron chi connectivity index (χ2n) is 3.98.